The molecule has 0 aliphatic carbocycles. The van der Waals surface area contributed by atoms with E-state index in [1.54, 1.807) is 30.5 Å². The Labute approximate surface area is 196 Å². The molecule has 1 aromatic heterocycles. The highest BCUT2D eigenvalue weighted by Gasteiger charge is 2.09. The van der Waals surface area contributed by atoms with Gasteiger partial charge >= 0.3 is 0 Å². The number of nitrogens with zero attached hydrogens (tertiary/aromatic N) is 4. The second-order valence-corrected chi connectivity index (χ2v) is 6.38. The van der Waals surface area contributed by atoms with Crippen LogP contribution in [0.25, 0.3) is 0 Å². The van der Waals surface area contributed by atoms with Gasteiger partial charge < -0.3 is 15.3 Å². The molecule has 3 aromatic rings. The van der Waals surface area contributed by atoms with E-state index in [0.29, 0.717) is 40.3 Å². The van der Waals surface area contributed by atoms with Crippen LogP contribution in [0.3, 0.4) is 0 Å². The first-order valence-corrected chi connectivity index (χ1v) is 9.12. The summed E-state index contributed by atoms with van der Waals surface area (Å²) in [5.41, 5.74) is 4.18. The fourth-order valence-electron chi connectivity index (χ4n) is 2.48. The van der Waals surface area contributed by atoms with Crippen molar-refractivity contribution in [2.45, 2.75) is 20.0 Å². The van der Waals surface area contributed by atoms with Gasteiger partial charge in [-0.3, -0.25) is 0 Å². The number of benzene rings is 2. The predicted octanol–water partition coefficient (Wildman–Crippen LogP) is 4.22. The Kier molecular flexibility index (Phi) is 10.3. The fraction of sp³-hybridized carbons (Fsp3) is 0.211. The maximum absolute atomic E-state index is 13.1. The molecule has 0 atom stereocenters. The van der Waals surface area contributed by atoms with Crippen molar-refractivity contribution in [1.82, 2.24) is 14.9 Å². The van der Waals surface area contributed by atoms with E-state index < -0.39 is 5.82 Å². The van der Waals surface area contributed by atoms with Gasteiger partial charge in [-0.1, -0.05) is 24.6 Å². The molecule has 0 saturated heterocycles. The van der Waals surface area contributed by atoms with Crippen molar-refractivity contribution in [3.63, 3.8) is 0 Å². The molecule has 0 bridgehead atoms. The van der Waals surface area contributed by atoms with E-state index in [-0.39, 0.29) is 31.4 Å². The molecule has 1 heterocycles. The number of aromatic nitrogens is 3. The second kappa shape index (κ2) is 12.2. The van der Waals surface area contributed by atoms with Crippen molar-refractivity contribution in [2.24, 2.45) is 5.10 Å². The third-order valence-corrected chi connectivity index (χ3v) is 4.40. The van der Waals surface area contributed by atoms with E-state index in [1.807, 2.05) is 6.92 Å². The number of hydrogen-bond donors (Lipinski definition) is 2. The standard InChI is InChI=1S/C19H20ClFN6O2.2ClH/c1-3-18-24-26-19(27(18)22)25-23-10-12-4-7-16(17(8-12)28-2)29-11-13-5-6-14(21)9-15(13)20;;/h4-10H,3,11,22H2,1-2H3,(H,25,26);2*1H/b23-10+;;. The molecule has 0 unspecified atom stereocenters. The van der Waals surface area contributed by atoms with Crippen molar-refractivity contribution in [3.8, 4) is 11.5 Å². The van der Waals surface area contributed by atoms with Crippen molar-refractivity contribution in [2.75, 3.05) is 18.4 Å². The molecule has 0 spiro atoms. The Morgan fingerprint density at radius 3 is 2.61 bits per heavy atom. The molecule has 31 heavy (non-hydrogen) atoms. The topological polar surface area (TPSA) is 99.6 Å². The van der Waals surface area contributed by atoms with Crippen LogP contribution in [-0.2, 0) is 13.0 Å². The molecule has 0 radical (unpaired) electrons. The lowest BCUT2D eigenvalue weighted by Crippen LogP contribution is -2.14. The van der Waals surface area contributed by atoms with Crippen LogP contribution in [0.4, 0.5) is 10.3 Å². The van der Waals surface area contributed by atoms with Gasteiger partial charge in [0.15, 0.2) is 17.3 Å². The number of nitrogens with one attached hydrogen (secondary N) is 1. The summed E-state index contributed by atoms with van der Waals surface area (Å²) < 4.78 is 25.6. The van der Waals surface area contributed by atoms with Crippen molar-refractivity contribution in [1.29, 1.82) is 0 Å². The maximum atomic E-state index is 13.1. The average Bonchev–Trinajstić information content (AvgIpc) is 3.07. The lowest BCUT2D eigenvalue weighted by molar-refractivity contribution is 0.284. The molecule has 8 nitrogen and oxygen atoms in total. The number of anilines is 1. The normalized spacial score (nSPS) is 10.3. The van der Waals surface area contributed by atoms with Crippen LogP contribution in [0.1, 0.15) is 23.9 Å². The van der Waals surface area contributed by atoms with Gasteiger partial charge in [-0.15, -0.1) is 35.0 Å². The number of ether oxygens (including phenoxy) is 2. The number of rotatable bonds is 8. The van der Waals surface area contributed by atoms with E-state index in [9.17, 15) is 4.39 Å². The zero-order valence-electron chi connectivity index (χ0n) is 16.7. The van der Waals surface area contributed by atoms with Crippen LogP contribution in [0.2, 0.25) is 5.02 Å². The molecule has 3 rings (SSSR count). The Morgan fingerprint density at radius 1 is 1.19 bits per heavy atom. The molecule has 0 aliphatic heterocycles. The van der Waals surface area contributed by atoms with Gasteiger partial charge in [-0.25, -0.2) is 14.5 Å². The van der Waals surface area contributed by atoms with E-state index in [1.165, 1.54) is 23.9 Å². The Balaban J connectivity index is 0.00000240. The zero-order chi connectivity index (χ0) is 20.8. The monoisotopic (exact) mass is 490 g/mol. The van der Waals surface area contributed by atoms with Crippen LogP contribution in [0, 0.1) is 5.82 Å². The Morgan fingerprint density at radius 2 is 1.97 bits per heavy atom. The third-order valence-electron chi connectivity index (χ3n) is 4.05. The summed E-state index contributed by atoms with van der Waals surface area (Å²) in [6.45, 7) is 2.11. The summed E-state index contributed by atoms with van der Waals surface area (Å²) in [6, 6.07) is 9.47. The van der Waals surface area contributed by atoms with E-state index >= 15 is 0 Å². The molecule has 0 aliphatic rings. The number of hydrogen-bond acceptors (Lipinski definition) is 7. The summed E-state index contributed by atoms with van der Waals surface area (Å²) in [5, 5.41) is 12.3. The number of nitrogen functional groups attached to an aromatic ring is 1. The minimum Gasteiger partial charge on any atom is -0.493 e. The average molecular weight is 492 g/mol. The SMILES string of the molecule is CCc1nnc(N/N=C/c2ccc(OCc3ccc(F)cc3Cl)c(OC)c2)n1N.Cl.Cl. The minimum absolute atomic E-state index is 0. The molecule has 0 saturated carbocycles. The maximum Gasteiger partial charge on any atom is 0.263 e. The number of aryl methyl sites for hydroxylation is 1. The third kappa shape index (κ3) is 6.61. The highest BCUT2D eigenvalue weighted by molar-refractivity contribution is 6.31. The van der Waals surface area contributed by atoms with Crippen LogP contribution < -0.4 is 20.7 Å². The number of nitrogens with two attached hydrogens (primary N) is 1. The van der Waals surface area contributed by atoms with Gasteiger partial charge in [0.1, 0.15) is 12.4 Å². The second-order valence-electron chi connectivity index (χ2n) is 5.97. The molecular weight excluding hydrogens is 470 g/mol. The summed E-state index contributed by atoms with van der Waals surface area (Å²) in [7, 11) is 1.54. The first kappa shape index (κ1) is 26.3. The van der Waals surface area contributed by atoms with E-state index in [0.717, 1.165) is 5.56 Å². The summed E-state index contributed by atoms with van der Waals surface area (Å²) >= 11 is 6.03. The van der Waals surface area contributed by atoms with Gasteiger partial charge in [-0.05, 0) is 35.9 Å². The van der Waals surface area contributed by atoms with Gasteiger partial charge in [-0.2, -0.15) is 5.10 Å². The summed E-state index contributed by atoms with van der Waals surface area (Å²) in [6.07, 6.45) is 2.25. The highest BCUT2D eigenvalue weighted by Crippen LogP contribution is 2.29. The summed E-state index contributed by atoms with van der Waals surface area (Å²) in [5.74, 6) is 7.47. The number of hydrazone groups is 1. The minimum atomic E-state index is -0.396. The van der Waals surface area contributed by atoms with Crippen LogP contribution >= 0.6 is 36.4 Å². The van der Waals surface area contributed by atoms with E-state index in [2.05, 4.69) is 20.7 Å². The molecule has 0 amide bonds. The Hall–Kier alpha value is -2.75. The molecular formula is C19H22Cl3FN6O2. The molecule has 12 heteroatoms. The molecule has 0 fully saturated rings. The van der Waals surface area contributed by atoms with Gasteiger partial charge in [0.2, 0.25) is 0 Å². The lowest BCUT2D eigenvalue weighted by Gasteiger charge is -2.12. The van der Waals surface area contributed by atoms with Crippen LogP contribution in [-0.4, -0.2) is 28.2 Å². The lowest BCUT2D eigenvalue weighted by atomic mass is 10.2. The van der Waals surface area contributed by atoms with Crippen LogP contribution in [0.15, 0.2) is 41.5 Å². The van der Waals surface area contributed by atoms with Gasteiger partial charge in [0.25, 0.3) is 5.95 Å². The quantitative estimate of drug-likeness (QED) is 0.278. The van der Waals surface area contributed by atoms with Crippen molar-refractivity contribution < 1.29 is 13.9 Å². The largest absolute Gasteiger partial charge is 0.493 e. The van der Waals surface area contributed by atoms with Crippen molar-refractivity contribution >= 4 is 48.6 Å². The molecule has 2 aromatic carbocycles. The van der Waals surface area contributed by atoms with Crippen molar-refractivity contribution in [3.05, 3.63) is 64.2 Å². The van der Waals surface area contributed by atoms with Gasteiger partial charge in [0, 0.05) is 12.0 Å². The number of methoxy groups -OCH3 is 1. The number of halogens is 4. The predicted molar refractivity (Wildman–Crippen MR) is 124 cm³/mol. The van der Waals surface area contributed by atoms with Crippen LogP contribution in [0.5, 0.6) is 11.5 Å². The first-order chi connectivity index (χ1) is 14.0. The zero-order valence-corrected chi connectivity index (χ0v) is 19.1. The smallest absolute Gasteiger partial charge is 0.263 e. The first-order valence-electron chi connectivity index (χ1n) is 8.75. The molecule has 168 valence electrons. The van der Waals surface area contributed by atoms with Gasteiger partial charge in [0.05, 0.1) is 18.3 Å². The Bertz CT molecular complexity index is 1030. The molecule has 3 N–H and O–H groups in total. The summed E-state index contributed by atoms with van der Waals surface area (Å²) in [4.78, 5) is 0. The highest BCUT2D eigenvalue weighted by atomic mass is 35.5. The van der Waals surface area contributed by atoms with E-state index in [4.69, 9.17) is 26.9 Å². The fourth-order valence-corrected chi connectivity index (χ4v) is 2.71.